The maximum atomic E-state index is 11.4. The van der Waals surface area contributed by atoms with Crippen molar-refractivity contribution in [1.82, 2.24) is 0 Å². The fourth-order valence-electron chi connectivity index (χ4n) is 7.24. The van der Waals surface area contributed by atoms with Crippen LogP contribution in [0.4, 0.5) is 35.1 Å². The van der Waals surface area contributed by atoms with Crippen LogP contribution in [0.5, 0.6) is 23.0 Å². The van der Waals surface area contributed by atoms with Crippen molar-refractivity contribution in [3.63, 3.8) is 0 Å². The van der Waals surface area contributed by atoms with Gasteiger partial charge in [-0.05, 0) is 123 Å². The predicted octanol–water partition coefficient (Wildman–Crippen LogP) is 11.4. The first-order valence-electron chi connectivity index (χ1n) is 28.5. The van der Waals surface area contributed by atoms with E-state index in [0.29, 0.717) is 0 Å². The summed E-state index contributed by atoms with van der Waals surface area (Å²) in [6.45, 7) is 12.4. The van der Waals surface area contributed by atoms with E-state index in [2.05, 4.69) is 125 Å². The van der Waals surface area contributed by atoms with Gasteiger partial charge in [0.1, 0.15) is 43.2 Å². The van der Waals surface area contributed by atoms with Crippen LogP contribution in [0.25, 0.3) is 0 Å². The molecule has 0 aliphatic rings. The summed E-state index contributed by atoms with van der Waals surface area (Å²) >= 11 is -0.320. The van der Waals surface area contributed by atoms with Gasteiger partial charge in [0.15, 0.2) is 14.3 Å². The molecule has 0 saturated carbocycles. The first-order valence-corrected chi connectivity index (χ1v) is 35.7. The first-order chi connectivity index (χ1) is 38.9. The molecule has 0 amide bonds. The topological polar surface area (TPSA) is 151 Å². The van der Waals surface area contributed by atoms with Gasteiger partial charge >= 0.3 is 54.8 Å². The van der Waals surface area contributed by atoms with Gasteiger partial charge in [-0.3, -0.25) is 0 Å². The van der Waals surface area contributed by atoms with Crippen LogP contribution in [-0.2, 0) is 20.2 Å². The Balaban J connectivity index is 0.000000617. The lowest BCUT2D eigenvalue weighted by Gasteiger charge is -2.14. The van der Waals surface area contributed by atoms with Gasteiger partial charge in [-0.2, -0.15) is 26.3 Å². The van der Waals surface area contributed by atoms with E-state index in [1.807, 2.05) is 0 Å². The Hall–Kier alpha value is -3.20. The smallest absolute Gasteiger partial charge is 0.433 e. The van der Waals surface area contributed by atoms with Crippen molar-refractivity contribution in [2.45, 2.75) is 205 Å². The summed E-state index contributed by atoms with van der Waals surface area (Å²) in [5, 5.41) is 0. The molecule has 0 radical (unpaired) electrons. The van der Waals surface area contributed by atoms with Gasteiger partial charge in [-0.1, -0.05) is 156 Å². The molecule has 4 aromatic carbocycles. The lowest BCUT2D eigenvalue weighted by atomic mass is 10.1. The molecule has 0 aromatic heterocycles. The third kappa shape index (κ3) is 40.2. The van der Waals surface area contributed by atoms with Gasteiger partial charge in [0.2, 0.25) is 0 Å². The summed E-state index contributed by atoms with van der Waals surface area (Å²) in [4.78, 5) is 0. The van der Waals surface area contributed by atoms with Crippen LogP contribution < -0.4 is 61.4 Å². The summed E-state index contributed by atoms with van der Waals surface area (Å²) in [6.07, 6.45) is 20.0. The van der Waals surface area contributed by atoms with Gasteiger partial charge in [-0.15, -0.1) is 0 Å². The van der Waals surface area contributed by atoms with Gasteiger partial charge in [0.05, 0.1) is 26.4 Å². The third-order valence-electron chi connectivity index (χ3n) is 11.8. The molecule has 0 fully saturated rings. The van der Waals surface area contributed by atoms with E-state index in [1.165, 1.54) is 143 Å². The second-order valence-corrected chi connectivity index (χ2v) is 28.0. The quantitative estimate of drug-likeness (QED) is 0.0184. The number of benzene rings is 4. The van der Waals surface area contributed by atoms with Gasteiger partial charge in [0.25, 0.3) is 11.0 Å². The van der Waals surface area contributed by atoms with E-state index in [9.17, 15) is 61.1 Å². The number of ether oxygens (including phenoxy) is 4. The Morgan fingerprint density at radius 3 is 0.659 bits per heavy atom. The number of unbranched alkanes of at least 4 members (excludes halogenated alkanes) is 20. The van der Waals surface area contributed by atoms with E-state index in [1.54, 1.807) is 0 Å². The Kier molecular flexibility index (Phi) is 42.3. The molecule has 0 aliphatic heterocycles. The van der Waals surface area contributed by atoms with Gasteiger partial charge in [0, 0.05) is 0 Å². The summed E-state index contributed by atoms with van der Waals surface area (Å²) in [6, 6.07) is 34.9. The highest BCUT2D eigenvalue weighted by molar-refractivity contribution is 7.86. The van der Waals surface area contributed by atoms with E-state index in [0.717, 1.165) is 75.1 Å². The zero-order chi connectivity index (χ0) is 61.1. The summed E-state index contributed by atoms with van der Waals surface area (Å²) in [5.41, 5.74) is -8.64. The molecule has 2 atom stereocenters. The molecule has 0 saturated heterocycles. The first kappa shape index (κ1) is 76.8. The number of alkyl halides is 8. The van der Waals surface area contributed by atoms with Crippen LogP contribution in [0.15, 0.2) is 97.1 Å². The largest absolute Gasteiger partial charge is 0.745 e. The van der Waals surface area contributed by atoms with E-state index in [4.69, 9.17) is 18.9 Å². The highest BCUT2D eigenvalue weighted by Gasteiger charge is 2.45. The predicted molar refractivity (Wildman–Crippen MR) is 297 cm³/mol. The minimum Gasteiger partial charge on any atom is -0.745 e. The maximum absolute atomic E-state index is 11.4. The molecule has 4 aromatic rings. The summed E-state index contributed by atoms with van der Waals surface area (Å²) < 4.78 is 174. The van der Waals surface area contributed by atoms with Crippen LogP contribution in [0, 0.1) is 14.3 Å². The summed E-state index contributed by atoms with van der Waals surface area (Å²) in [5.74, 6) is 4.00. The van der Waals surface area contributed by atoms with Crippen LogP contribution in [0.2, 0.25) is 0 Å². The van der Waals surface area contributed by atoms with Crippen LogP contribution in [0.1, 0.15) is 182 Å². The Labute approximate surface area is 505 Å². The average molecular weight is 1440 g/mol. The fourth-order valence-corrected chi connectivity index (χ4v) is 12.2. The molecular weight excluding hydrogens is 1350 g/mol. The molecule has 0 aliphatic carbocycles. The van der Waals surface area contributed by atoms with Crippen LogP contribution >= 0.6 is 0 Å². The van der Waals surface area contributed by atoms with Gasteiger partial charge in [-0.25, -0.2) is 25.6 Å². The molecule has 468 valence electrons. The van der Waals surface area contributed by atoms with Crippen molar-refractivity contribution in [3.8, 4) is 23.0 Å². The zero-order valence-electron chi connectivity index (χ0n) is 47.9. The highest BCUT2D eigenvalue weighted by atomic mass is 127. The Morgan fingerprint density at radius 2 is 0.512 bits per heavy atom. The van der Waals surface area contributed by atoms with Crippen molar-refractivity contribution < 1.29 is 122 Å². The van der Waals surface area contributed by atoms with E-state index >= 15 is 0 Å². The lowest BCUT2D eigenvalue weighted by molar-refractivity contribution is -0.597. The van der Waals surface area contributed by atoms with E-state index in [-0.39, 0.29) is 42.4 Å². The normalized spacial score (nSPS) is 12.4. The minimum atomic E-state index is -5.90. The monoisotopic (exact) mass is 1440 g/mol. The zero-order valence-corrected chi connectivity index (χ0v) is 53.8. The molecule has 82 heavy (non-hydrogen) atoms. The fraction of sp³-hybridized carbons (Fsp3) is 0.600. The van der Waals surface area contributed by atoms with Crippen molar-refractivity contribution in [1.29, 1.82) is 0 Å². The second-order valence-electron chi connectivity index (χ2n) is 19.2. The highest BCUT2D eigenvalue weighted by Crippen LogP contribution is 2.27. The Bertz CT molecular complexity index is 2110. The molecular formula is C60H86F8I2O10S2. The van der Waals surface area contributed by atoms with Crippen molar-refractivity contribution in [2.24, 2.45) is 0 Å². The molecule has 4 rings (SSSR count). The van der Waals surface area contributed by atoms with Crippen LogP contribution in [-0.4, -0.2) is 75.7 Å². The molecule has 2 unspecified atom stereocenters. The molecule has 10 nitrogen and oxygen atoms in total. The SMILES string of the molecule is CCCCCCCCOc1ccc([I+]c2ccc(OCCCCCCCC)cc2)cc1.CCCCCCCCOc1ccc([I+]c2ccc(OCCCCCCCC)cc2)cc1.O=S(=O)([O-])C(F)C(F)(F)F.O=S(=O)([O-])C(F)C(F)(F)F. The third-order valence-corrected chi connectivity index (χ3v) is 18.7. The second kappa shape index (κ2) is 45.2. The van der Waals surface area contributed by atoms with Gasteiger partial charge < -0.3 is 28.1 Å². The van der Waals surface area contributed by atoms with Crippen molar-refractivity contribution in [2.75, 3.05) is 26.4 Å². The molecule has 0 spiro atoms. The number of hydrogen-bond donors (Lipinski definition) is 0. The van der Waals surface area contributed by atoms with E-state index < -0.39 is 43.6 Å². The maximum Gasteiger partial charge on any atom is 0.433 e. The number of rotatable bonds is 38. The number of halogens is 10. The van der Waals surface area contributed by atoms with Crippen LogP contribution in [0.3, 0.4) is 0 Å². The standard InChI is InChI=1S/2C28H42IO2.2C2H2F4O3S/c2*1-3-5-7-9-11-13-23-30-27-19-15-25(16-20-27)29-26-17-21-28(22-18-26)31-24-14-12-10-8-6-4-2;2*3-1(2(4,5)6)10(7,8)9/h2*15-22H,3-14,23-24H2,1-2H3;2*1H,(H,7,8,9)/q2*+1;;/p-2. The average Bonchev–Trinajstić information content (AvgIpc) is 3.47. The lowest BCUT2D eigenvalue weighted by Crippen LogP contribution is -3.61. The van der Waals surface area contributed by atoms with Crippen molar-refractivity contribution >= 4 is 20.2 Å². The minimum absolute atomic E-state index is 0.160. The molecule has 0 bridgehead atoms. The molecule has 0 N–H and O–H groups in total. The Morgan fingerprint density at radius 1 is 0.341 bits per heavy atom. The molecule has 22 heteroatoms. The van der Waals surface area contributed by atoms with Crippen molar-refractivity contribution in [3.05, 3.63) is 111 Å². The number of hydrogen-bond acceptors (Lipinski definition) is 10. The summed E-state index contributed by atoms with van der Waals surface area (Å²) in [7, 11) is -11.8. The molecule has 0 heterocycles.